The fourth-order valence-electron chi connectivity index (χ4n) is 6.88. The van der Waals surface area contributed by atoms with Crippen LogP contribution in [0.25, 0.3) is 0 Å². The highest BCUT2D eigenvalue weighted by atomic mass is 16.6. The Balaban J connectivity index is 1.40. The zero-order valence-electron chi connectivity index (χ0n) is 28.8. The van der Waals surface area contributed by atoms with Crippen LogP contribution in [0.5, 0.6) is 5.75 Å². The molecule has 1 aromatic rings. The van der Waals surface area contributed by atoms with Crippen molar-refractivity contribution in [3.8, 4) is 5.75 Å². The number of anilines is 2. The van der Waals surface area contributed by atoms with Crippen LogP contribution in [0, 0.1) is 17.8 Å². The van der Waals surface area contributed by atoms with Crippen LogP contribution in [0.2, 0.25) is 0 Å². The summed E-state index contributed by atoms with van der Waals surface area (Å²) < 4.78 is 22.2. The third-order valence-corrected chi connectivity index (χ3v) is 9.55. The van der Waals surface area contributed by atoms with Crippen LogP contribution in [0.1, 0.15) is 73.1 Å². The molecule has 4 amide bonds. The minimum atomic E-state index is -0.728. The van der Waals surface area contributed by atoms with Gasteiger partial charge in [0, 0.05) is 63.8 Å². The first-order valence-corrected chi connectivity index (χ1v) is 17.0. The van der Waals surface area contributed by atoms with Crippen LogP contribution >= 0.6 is 0 Å². The normalized spacial score (nSPS) is 22.3. The summed E-state index contributed by atoms with van der Waals surface area (Å²) in [5.41, 5.74) is 0.100. The number of nitrogens with zero attached hydrogens (tertiary/aromatic N) is 3. The molecule has 1 saturated carbocycles. The Morgan fingerprint density at radius 3 is 2.38 bits per heavy atom. The topological polar surface area (TPSA) is 127 Å². The lowest BCUT2D eigenvalue weighted by atomic mass is 9.80. The maximum absolute atomic E-state index is 14.5. The van der Waals surface area contributed by atoms with Crippen LogP contribution < -0.4 is 19.9 Å². The van der Waals surface area contributed by atoms with Crippen LogP contribution in [0.15, 0.2) is 18.2 Å². The number of methoxy groups -OCH3 is 1. The van der Waals surface area contributed by atoms with Crippen molar-refractivity contribution in [1.82, 2.24) is 10.2 Å². The van der Waals surface area contributed by atoms with Gasteiger partial charge in [0.1, 0.15) is 11.4 Å². The number of fused-ring (bicyclic) bond motifs is 1. The number of hydrogen-bond donors (Lipinski definition) is 1. The van der Waals surface area contributed by atoms with Crippen LogP contribution in [0.4, 0.5) is 16.2 Å². The van der Waals surface area contributed by atoms with E-state index in [4.69, 9.17) is 18.9 Å². The summed E-state index contributed by atoms with van der Waals surface area (Å²) in [5, 5.41) is 3.26. The molecule has 47 heavy (non-hydrogen) atoms. The highest BCUT2D eigenvalue weighted by Gasteiger charge is 2.45. The summed E-state index contributed by atoms with van der Waals surface area (Å²) in [7, 11) is 1.63. The van der Waals surface area contributed by atoms with Gasteiger partial charge < -0.3 is 39.0 Å². The van der Waals surface area contributed by atoms with E-state index < -0.39 is 29.1 Å². The minimum Gasteiger partial charge on any atom is -0.482 e. The minimum absolute atomic E-state index is 0.000615. The lowest BCUT2D eigenvalue weighted by Gasteiger charge is -2.42. The average molecular weight is 657 g/mol. The summed E-state index contributed by atoms with van der Waals surface area (Å²) in [6.07, 6.45) is 3.86. The number of rotatable bonds is 10. The molecule has 4 aliphatic rings. The van der Waals surface area contributed by atoms with Gasteiger partial charge in [0.05, 0.1) is 17.5 Å². The van der Waals surface area contributed by atoms with Crippen molar-refractivity contribution in [1.29, 1.82) is 0 Å². The molecule has 1 aliphatic carbocycles. The van der Waals surface area contributed by atoms with Crippen LogP contribution in [-0.2, 0) is 28.6 Å². The molecule has 0 aromatic heterocycles. The van der Waals surface area contributed by atoms with Crippen molar-refractivity contribution in [2.75, 3.05) is 63.0 Å². The first kappa shape index (κ1) is 34.9. The zero-order valence-corrected chi connectivity index (χ0v) is 28.8. The molecule has 2 saturated heterocycles. The van der Waals surface area contributed by atoms with Crippen molar-refractivity contribution in [3.63, 3.8) is 0 Å². The molecule has 1 aromatic carbocycles. The SMILES string of the molecule is COCCCN1C(=O)COc2ccc(N(C(=O)[C@@H]3C[C@H](C(=O)NC(C)(C)C4CCOCC4)CN(C(=O)OC(C)(C)C)C3)C3CC3)cc21. The first-order chi connectivity index (χ1) is 22.3. The van der Waals surface area contributed by atoms with Gasteiger partial charge in [-0.2, -0.15) is 0 Å². The Kier molecular flexibility index (Phi) is 10.7. The number of carbonyl (C=O) groups is 4. The van der Waals surface area contributed by atoms with Gasteiger partial charge in [-0.15, -0.1) is 0 Å². The Labute approximate surface area is 278 Å². The molecule has 2 atom stereocenters. The number of ether oxygens (including phenoxy) is 4. The van der Waals surface area contributed by atoms with E-state index in [9.17, 15) is 19.2 Å². The summed E-state index contributed by atoms with van der Waals surface area (Å²) >= 11 is 0. The molecule has 5 rings (SSSR count). The van der Waals surface area contributed by atoms with Gasteiger partial charge in [0.25, 0.3) is 5.91 Å². The molecule has 0 radical (unpaired) electrons. The second kappa shape index (κ2) is 14.4. The number of hydrogen-bond acceptors (Lipinski definition) is 8. The number of piperidine rings is 1. The van der Waals surface area contributed by atoms with Crippen molar-refractivity contribution < 1.29 is 38.1 Å². The number of likely N-dealkylation sites (tertiary alicyclic amines) is 1. The van der Waals surface area contributed by atoms with Gasteiger partial charge in [-0.25, -0.2) is 4.79 Å². The summed E-state index contributed by atoms with van der Waals surface area (Å²) in [5.74, 6) is -0.804. The van der Waals surface area contributed by atoms with Gasteiger partial charge >= 0.3 is 6.09 Å². The highest BCUT2D eigenvalue weighted by Crippen LogP contribution is 2.41. The zero-order chi connectivity index (χ0) is 33.9. The Morgan fingerprint density at radius 1 is 1.02 bits per heavy atom. The molecular weight excluding hydrogens is 604 g/mol. The molecule has 260 valence electrons. The number of nitrogens with one attached hydrogen (secondary N) is 1. The molecule has 3 heterocycles. The third-order valence-electron chi connectivity index (χ3n) is 9.55. The lowest BCUT2D eigenvalue weighted by molar-refractivity contribution is -0.132. The van der Waals surface area contributed by atoms with Gasteiger partial charge in [0.15, 0.2) is 6.61 Å². The Bertz CT molecular complexity index is 1320. The standard InChI is InChI=1S/C35H52N4O8/c1-34(2,3)47-33(43)37-20-23(31(41)36-35(4,5)25-12-16-45-17-13-25)18-24(21-37)32(42)39(26-8-9-26)27-10-11-29-28(19-27)38(14-7-15-44-6)30(40)22-46-29/h10-11,19,23-26H,7-9,12-18,20-22H2,1-6H3,(H,36,41)/t23-,24+/m0/s1. The van der Waals surface area contributed by atoms with Gasteiger partial charge in [-0.1, -0.05) is 0 Å². The lowest BCUT2D eigenvalue weighted by Crippen LogP contribution is -2.57. The van der Waals surface area contributed by atoms with Gasteiger partial charge in [0.2, 0.25) is 11.8 Å². The maximum atomic E-state index is 14.5. The average Bonchev–Trinajstić information content (AvgIpc) is 3.86. The molecule has 3 aliphatic heterocycles. The molecular formula is C35H52N4O8. The molecule has 12 nitrogen and oxygen atoms in total. The number of benzene rings is 1. The van der Waals surface area contributed by atoms with E-state index in [2.05, 4.69) is 5.32 Å². The largest absolute Gasteiger partial charge is 0.482 e. The van der Waals surface area contributed by atoms with E-state index in [1.165, 1.54) is 4.90 Å². The van der Waals surface area contributed by atoms with E-state index in [-0.39, 0.29) is 49.4 Å². The van der Waals surface area contributed by atoms with Gasteiger partial charge in [-0.05, 0) is 97.3 Å². The van der Waals surface area contributed by atoms with Crippen molar-refractivity contribution in [2.24, 2.45) is 17.8 Å². The van der Waals surface area contributed by atoms with E-state index in [0.29, 0.717) is 56.3 Å². The van der Waals surface area contributed by atoms with Crippen molar-refractivity contribution >= 4 is 35.2 Å². The summed E-state index contributed by atoms with van der Waals surface area (Å²) in [6, 6.07) is 5.52. The molecule has 0 spiro atoms. The second-order valence-corrected chi connectivity index (χ2v) is 14.9. The quantitative estimate of drug-likeness (QED) is 0.373. The van der Waals surface area contributed by atoms with Gasteiger partial charge in [-0.3, -0.25) is 14.4 Å². The molecule has 0 bridgehead atoms. The fourth-order valence-corrected chi connectivity index (χ4v) is 6.88. The number of carbonyl (C=O) groups excluding carboxylic acids is 4. The Hall–Kier alpha value is -3.38. The Morgan fingerprint density at radius 2 is 1.72 bits per heavy atom. The van der Waals surface area contributed by atoms with E-state index >= 15 is 0 Å². The van der Waals surface area contributed by atoms with Crippen LogP contribution in [-0.4, -0.2) is 99.1 Å². The van der Waals surface area contributed by atoms with Crippen LogP contribution in [0.3, 0.4) is 0 Å². The summed E-state index contributed by atoms with van der Waals surface area (Å²) in [4.78, 5) is 59.7. The molecule has 0 unspecified atom stereocenters. The molecule has 1 N–H and O–H groups in total. The first-order valence-electron chi connectivity index (χ1n) is 17.0. The highest BCUT2D eigenvalue weighted by molar-refractivity contribution is 6.01. The van der Waals surface area contributed by atoms with Crippen molar-refractivity contribution in [2.45, 2.75) is 90.3 Å². The predicted octanol–water partition coefficient (Wildman–Crippen LogP) is 4.14. The molecule has 12 heteroatoms. The third kappa shape index (κ3) is 8.56. The van der Waals surface area contributed by atoms with E-state index in [0.717, 1.165) is 25.7 Å². The van der Waals surface area contributed by atoms with E-state index in [1.54, 1.807) is 37.7 Å². The van der Waals surface area contributed by atoms with Crippen molar-refractivity contribution in [3.05, 3.63) is 18.2 Å². The second-order valence-electron chi connectivity index (χ2n) is 14.9. The monoisotopic (exact) mass is 656 g/mol. The smallest absolute Gasteiger partial charge is 0.410 e. The maximum Gasteiger partial charge on any atom is 0.410 e. The number of amides is 4. The summed E-state index contributed by atoms with van der Waals surface area (Å²) in [6.45, 7) is 12.1. The predicted molar refractivity (Wildman–Crippen MR) is 176 cm³/mol. The fraction of sp³-hybridized carbons (Fsp3) is 0.714. The van der Waals surface area contributed by atoms with E-state index in [1.807, 2.05) is 32.0 Å². The molecule has 3 fully saturated rings.